The second-order valence-electron chi connectivity index (χ2n) is 5.81. The summed E-state index contributed by atoms with van der Waals surface area (Å²) in [4.78, 5) is 35.5. The maximum Gasteiger partial charge on any atom is 0.325 e. The van der Waals surface area contributed by atoms with Gasteiger partial charge in [-0.3, -0.25) is 19.1 Å². The van der Waals surface area contributed by atoms with Gasteiger partial charge in [-0.25, -0.2) is 4.68 Å². The van der Waals surface area contributed by atoms with Crippen LogP contribution in [0, 0.1) is 0 Å². The number of hydrogen-bond acceptors (Lipinski definition) is 5. The average Bonchev–Trinajstić information content (AvgIpc) is 3.30. The number of nitrogens with zero attached hydrogens (tertiary/aromatic N) is 4. The third-order valence-electron chi connectivity index (χ3n) is 3.81. The number of carboxylic acid groups (broad SMARTS) is 1. The van der Waals surface area contributed by atoms with Gasteiger partial charge in [0.1, 0.15) is 12.2 Å². The van der Waals surface area contributed by atoms with Crippen LogP contribution in [0.3, 0.4) is 0 Å². The molecule has 0 radical (unpaired) electrons. The summed E-state index contributed by atoms with van der Waals surface area (Å²) in [6.45, 7) is 2.16. The standard InChI is InChI=1S/C18H18N6O4/c1-2-23-9-7-14(22-23)17(27)20-12-4-3-5-13(10-12)21-18(28)15-6-8-19-24(15)11-16(25)26/h3-10H,2,11H2,1H3,(H,20,27)(H,21,28)(H,25,26). The molecule has 10 nitrogen and oxygen atoms in total. The Kier molecular flexibility index (Phi) is 5.49. The van der Waals surface area contributed by atoms with E-state index in [0.29, 0.717) is 17.9 Å². The van der Waals surface area contributed by atoms with Gasteiger partial charge in [-0.1, -0.05) is 6.07 Å². The number of nitrogens with one attached hydrogen (secondary N) is 2. The molecule has 1 aromatic carbocycles. The van der Waals surface area contributed by atoms with Gasteiger partial charge in [0, 0.05) is 30.3 Å². The summed E-state index contributed by atoms with van der Waals surface area (Å²) in [5.41, 5.74) is 1.31. The fourth-order valence-electron chi connectivity index (χ4n) is 2.50. The van der Waals surface area contributed by atoms with Gasteiger partial charge in [-0.15, -0.1) is 0 Å². The van der Waals surface area contributed by atoms with E-state index >= 15 is 0 Å². The highest BCUT2D eigenvalue weighted by atomic mass is 16.4. The van der Waals surface area contributed by atoms with Crippen molar-refractivity contribution in [3.63, 3.8) is 0 Å². The van der Waals surface area contributed by atoms with Crippen LogP contribution in [0.25, 0.3) is 0 Å². The van der Waals surface area contributed by atoms with E-state index in [0.717, 1.165) is 4.68 Å². The fraction of sp³-hybridized carbons (Fsp3) is 0.167. The first kappa shape index (κ1) is 18.8. The molecule has 0 saturated heterocycles. The van der Waals surface area contributed by atoms with Crippen molar-refractivity contribution in [2.24, 2.45) is 0 Å². The lowest BCUT2D eigenvalue weighted by molar-refractivity contribution is -0.137. The molecule has 2 aromatic heterocycles. The Morgan fingerprint density at radius 1 is 1.07 bits per heavy atom. The van der Waals surface area contributed by atoms with E-state index in [-0.39, 0.29) is 17.3 Å². The zero-order chi connectivity index (χ0) is 20.1. The number of aliphatic carboxylic acids is 1. The molecule has 2 amide bonds. The van der Waals surface area contributed by atoms with Crippen LogP contribution in [0.2, 0.25) is 0 Å². The third kappa shape index (κ3) is 4.41. The van der Waals surface area contributed by atoms with Gasteiger partial charge < -0.3 is 15.7 Å². The highest BCUT2D eigenvalue weighted by Gasteiger charge is 2.15. The normalized spacial score (nSPS) is 10.5. The number of aromatic nitrogens is 4. The van der Waals surface area contributed by atoms with Crippen LogP contribution in [0.1, 0.15) is 27.9 Å². The Balaban J connectivity index is 1.69. The van der Waals surface area contributed by atoms with Crippen LogP contribution in [0.4, 0.5) is 11.4 Å². The van der Waals surface area contributed by atoms with E-state index in [4.69, 9.17) is 5.11 Å². The number of rotatable bonds is 7. The Hall–Kier alpha value is -3.95. The SMILES string of the molecule is CCn1ccc(C(=O)Nc2cccc(NC(=O)c3ccnn3CC(=O)O)c2)n1. The minimum Gasteiger partial charge on any atom is -0.480 e. The third-order valence-corrected chi connectivity index (χ3v) is 3.81. The Morgan fingerprint density at radius 2 is 1.79 bits per heavy atom. The van der Waals surface area contributed by atoms with E-state index in [1.165, 1.54) is 12.3 Å². The van der Waals surface area contributed by atoms with Crippen molar-refractivity contribution in [1.82, 2.24) is 19.6 Å². The summed E-state index contributed by atoms with van der Waals surface area (Å²) in [5.74, 6) is -1.98. The minimum atomic E-state index is -1.10. The lowest BCUT2D eigenvalue weighted by Gasteiger charge is -2.09. The smallest absolute Gasteiger partial charge is 0.325 e. The molecule has 0 saturated carbocycles. The summed E-state index contributed by atoms with van der Waals surface area (Å²) in [6.07, 6.45) is 3.07. The van der Waals surface area contributed by atoms with Crippen molar-refractivity contribution in [3.8, 4) is 0 Å². The molecule has 0 aliphatic carbocycles. The summed E-state index contributed by atoms with van der Waals surface area (Å²) in [7, 11) is 0. The molecule has 2 heterocycles. The van der Waals surface area contributed by atoms with Gasteiger partial charge in [-0.05, 0) is 37.3 Å². The molecule has 10 heteroatoms. The number of benzene rings is 1. The van der Waals surface area contributed by atoms with Crippen LogP contribution >= 0.6 is 0 Å². The second kappa shape index (κ2) is 8.16. The van der Waals surface area contributed by atoms with Gasteiger partial charge in [0.05, 0.1) is 0 Å². The number of aryl methyl sites for hydroxylation is 1. The lowest BCUT2D eigenvalue weighted by Crippen LogP contribution is -2.20. The van der Waals surface area contributed by atoms with Crippen LogP contribution in [0.5, 0.6) is 0 Å². The molecule has 0 fully saturated rings. The topological polar surface area (TPSA) is 131 Å². The van der Waals surface area contributed by atoms with E-state index in [2.05, 4.69) is 20.8 Å². The highest BCUT2D eigenvalue weighted by Crippen LogP contribution is 2.17. The quantitative estimate of drug-likeness (QED) is 0.570. The van der Waals surface area contributed by atoms with E-state index in [9.17, 15) is 14.4 Å². The fourth-order valence-corrected chi connectivity index (χ4v) is 2.50. The monoisotopic (exact) mass is 382 g/mol. The molecule has 3 N–H and O–H groups in total. The zero-order valence-electron chi connectivity index (χ0n) is 15.0. The molecule has 0 unspecified atom stereocenters. The van der Waals surface area contributed by atoms with Gasteiger partial charge in [0.2, 0.25) is 0 Å². The maximum absolute atomic E-state index is 12.4. The van der Waals surface area contributed by atoms with Crippen molar-refractivity contribution in [3.05, 3.63) is 60.2 Å². The Bertz CT molecular complexity index is 1020. The van der Waals surface area contributed by atoms with Gasteiger partial charge in [-0.2, -0.15) is 10.2 Å². The van der Waals surface area contributed by atoms with Gasteiger partial charge >= 0.3 is 5.97 Å². The van der Waals surface area contributed by atoms with Gasteiger partial charge in [0.25, 0.3) is 11.8 Å². The number of carboxylic acids is 1. The average molecular weight is 382 g/mol. The molecule has 28 heavy (non-hydrogen) atoms. The first-order valence-corrected chi connectivity index (χ1v) is 8.46. The maximum atomic E-state index is 12.4. The number of amides is 2. The van der Waals surface area contributed by atoms with Crippen LogP contribution in [0.15, 0.2) is 48.8 Å². The number of carbonyl (C=O) groups is 3. The first-order chi connectivity index (χ1) is 13.5. The molecule has 144 valence electrons. The Morgan fingerprint density at radius 3 is 2.43 bits per heavy atom. The van der Waals surface area contributed by atoms with Crippen LogP contribution < -0.4 is 10.6 Å². The largest absolute Gasteiger partial charge is 0.480 e. The van der Waals surface area contributed by atoms with Crippen LogP contribution in [-0.4, -0.2) is 42.5 Å². The van der Waals surface area contributed by atoms with E-state index in [1.54, 1.807) is 41.2 Å². The molecule has 0 aliphatic heterocycles. The summed E-state index contributed by atoms with van der Waals surface area (Å²) in [6, 6.07) is 9.63. The lowest BCUT2D eigenvalue weighted by atomic mass is 10.2. The van der Waals surface area contributed by atoms with E-state index in [1.807, 2.05) is 6.92 Å². The summed E-state index contributed by atoms with van der Waals surface area (Å²) in [5, 5.41) is 22.2. The molecule has 0 atom stereocenters. The molecule has 3 rings (SSSR count). The molecule has 0 spiro atoms. The minimum absolute atomic E-state index is 0.113. The summed E-state index contributed by atoms with van der Waals surface area (Å²) < 4.78 is 2.74. The number of hydrogen-bond donors (Lipinski definition) is 3. The van der Waals surface area contributed by atoms with Crippen molar-refractivity contribution in [1.29, 1.82) is 0 Å². The number of carbonyl (C=O) groups excluding carboxylic acids is 2. The molecule has 0 bridgehead atoms. The van der Waals surface area contributed by atoms with Crippen molar-refractivity contribution < 1.29 is 19.5 Å². The Labute approximate surface area is 159 Å². The molecule has 3 aromatic rings. The highest BCUT2D eigenvalue weighted by molar-refractivity contribution is 6.05. The predicted molar refractivity (Wildman–Crippen MR) is 100 cm³/mol. The first-order valence-electron chi connectivity index (χ1n) is 8.46. The van der Waals surface area contributed by atoms with Crippen molar-refractivity contribution >= 4 is 29.2 Å². The second-order valence-corrected chi connectivity index (χ2v) is 5.81. The zero-order valence-corrected chi connectivity index (χ0v) is 15.0. The van der Waals surface area contributed by atoms with Crippen LogP contribution in [-0.2, 0) is 17.9 Å². The van der Waals surface area contributed by atoms with E-state index < -0.39 is 18.4 Å². The van der Waals surface area contributed by atoms with Crippen molar-refractivity contribution in [2.45, 2.75) is 20.0 Å². The van der Waals surface area contributed by atoms with Crippen molar-refractivity contribution in [2.75, 3.05) is 10.6 Å². The molecule has 0 aliphatic rings. The van der Waals surface area contributed by atoms with Gasteiger partial charge in [0.15, 0.2) is 5.69 Å². The molecular weight excluding hydrogens is 364 g/mol. The predicted octanol–water partition coefficient (Wildman–Crippen LogP) is 1.69. The molecular formula is C18H18N6O4. The number of anilines is 2. The summed E-state index contributed by atoms with van der Waals surface area (Å²) >= 11 is 0.